The maximum absolute atomic E-state index is 13.7. The number of urea groups is 1. The van der Waals surface area contributed by atoms with Gasteiger partial charge in [-0.25, -0.2) is 9.69 Å². The van der Waals surface area contributed by atoms with Crippen LogP contribution in [0.3, 0.4) is 0 Å². The van der Waals surface area contributed by atoms with E-state index in [0.717, 1.165) is 17.0 Å². The Hall–Kier alpha value is -3.99. The number of imide groups is 2. The predicted molar refractivity (Wildman–Crippen MR) is 115 cm³/mol. The summed E-state index contributed by atoms with van der Waals surface area (Å²) in [6.45, 7) is 1.26. The highest BCUT2D eigenvalue weighted by molar-refractivity contribution is 6.19. The number of carbonyl (C=O) groups excluding carboxylic acids is 3. The summed E-state index contributed by atoms with van der Waals surface area (Å²) in [5.74, 6) is -1.63. The highest BCUT2D eigenvalue weighted by atomic mass is 19.4. The van der Waals surface area contributed by atoms with Crippen molar-refractivity contribution in [3.63, 3.8) is 0 Å². The van der Waals surface area contributed by atoms with Gasteiger partial charge in [0.2, 0.25) is 0 Å². The van der Waals surface area contributed by atoms with Crippen LogP contribution in [0.1, 0.15) is 27.2 Å². The Morgan fingerprint density at radius 1 is 1.12 bits per heavy atom. The highest BCUT2D eigenvalue weighted by Gasteiger charge is 2.58. The Bertz CT molecular complexity index is 1300. The quantitative estimate of drug-likeness (QED) is 0.569. The minimum atomic E-state index is -4.51. The topological polar surface area (TPSA) is 110 Å². The van der Waals surface area contributed by atoms with Crippen molar-refractivity contribution in [3.05, 3.63) is 77.1 Å². The Labute approximate surface area is 192 Å². The van der Waals surface area contributed by atoms with Gasteiger partial charge in [-0.15, -0.1) is 0 Å². The molecule has 3 N–H and O–H groups in total. The number of nitrogens with one attached hydrogen (secondary N) is 1. The lowest BCUT2D eigenvalue weighted by atomic mass is 9.89. The average Bonchev–Trinajstić information content (AvgIpc) is 3.27. The van der Waals surface area contributed by atoms with Gasteiger partial charge < -0.3 is 5.73 Å². The molecule has 34 heavy (non-hydrogen) atoms. The molecule has 0 saturated carbocycles. The van der Waals surface area contributed by atoms with E-state index in [1.807, 2.05) is 0 Å². The average molecular weight is 471 g/mol. The summed E-state index contributed by atoms with van der Waals surface area (Å²) >= 11 is 0. The Morgan fingerprint density at radius 2 is 1.76 bits per heavy atom. The van der Waals surface area contributed by atoms with Crippen LogP contribution in [0, 0.1) is 6.92 Å². The molecule has 0 bridgehead atoms. The Kier molecular flexibility index (Phi) is 5.52. The van der Waals surface area contributed by atoms with Crippen molar-refractivity contribution in [2.24, 2.45) is 12.8 Å². The number of nitrogens with zero attached hydrogens (tertiary/aromatic N) is 3. The molecule has 11 heteroatoms. The van der Waals surface area contributed by atoms with Gasteiger partial charge in [0.15, 0.2) is 5.54 Å². The largest absolute Gasteiger partial charge is 0.416 e. The Morgan fingerprint density at radius 3 is 2.32 bits per heavy atom. The van der Waals surface area contributed by atoms with Gasteiger partial charge >= 0.3 is 12.2 Å². The summed E-state index contributed by atoms with van der Waals surface area (Å²) in [4.78, 5) is 40.3. The van der Waals surface area contributed by atoms with Crippen molar-refractivity contribution in [2.75, 3.05) is 6.54 Å². The van der Waals surface area contributed by atoms with Crippen molar-refractivity contribution in [2.45, 2.75) is 18.6 Å². The predicted octanol–water partition coefficient (Wildman–Crippen LogP) is 2.96. The summed E-state index contributed by atoms with van der Waals surface area (Å²) < 4.78 is 40.4. The molecular formula is C23H20F3N5O3. The lowest BCUT2D eigenvalue weighted by Gasteiger charge is -2.32. The molecule has 4 amide bonds. The summed E-state index contributed by atoms with van der Waals surface area (Å²) in [7, 11) is 1.63. The maximum Gasteiger partial charge on any atom is 0.416 e. The zero-order valence-corrected chi connectivity index (χ0v) is 18.2. The van der Waals surface area contributed by atoms with Gasteiger partial charge in [-0.3, -0.25) is 19.6 Å². The fourth-order valence-electron chi connectivity index (χ4n) is 4.19. The molecule has 1 atom stereocenters. The van der Waals surface area contributed by atoms with Gasteiger partial charge in [0.25, 0.3) is 11.8 Å². The number of halogens is 3. The van der Waals surface area contributed by atoms with E-state index < -0.39 is 41.7 Å². The van der Waals surface area contributed by atoms with E-state index in [4.69, 9.17) is 5.73 Å². The molecule has 0 radical (unpaired) electrons. The minimum absolute atomic E-state index is 0.0125. The number of amides is 4. The zero-order chi connectivity index (χ0) is 24.8. The molecule has 2 aromatic carbocycles. The van der Waals surface area contributed by atoms with Crippen LogP contribution in [0.2, 0.25) is 0 Å². The molecule has 1 unspecified atom stereocenters. The third kappa shape index (κ3) is 3.54. The number of rotatable bonds is 4. The van der Waals surface area contributed by atoms with Gasteiger partial charge in [-0.1, -0.05) is 30.3 Å². The number of hydrogen-bond donors (Lipinski definition) is 2. The highest BCUT2D eigenvalue weighted by Crippen LogP contribution is 2.37. The zero-order valence-electron chi connectivity index (χ0n) is 18.2. The first-order valence-electron chi connectivity index (χ1n) is 10.2. The first kappa shape index (κ1) is 23.2. The van der Waals surface area contributed by atoms with Crippen LogP contribution in [0.5, 0.6) is 0 Å². The third-order valence-electron chi connectivity index (χ3n) is 5.76. The van der Waals surface area contributed by atoms with Gasteiger partial charge in [0, 0.05) is 25.4 Å². The van der Waals surface area contributed by atoms with E-state index in [-0.39, 0.29) is 16.8 Å². The molecule has 1 aliphatic heterocycles. The van der Waals surface area contributed by atoms with Gasteiger partial charge in [-0.05, 0) is 41.8 Å². The smallest absolute Gasteiger partial charge is 0.327 e. The fraction of sp³-hybridized carbons (Fsp3) is 0.217. The molecule has 0 spiro atoms. The van der Waals surface area contributed by atoms with Crippen LogP contribution in [0.4, 0.5) is 18.0 Å². The van der Waals surface area contributed by atoms with Crippen molar-refractivity contribution in [3.8, 4) is 11.1 Å². The van der Waals surface area contributed by atoms with Crippen LogP contribution >= 0.6 is 0 Å². The van der Waals surface area contributed by atoms with Crippen molar-refractivity contribution in [1.29, 1.82) is 0 Å². The lowest BCUT2D eigenvalue weighted by molar-refractivity contribution is -0.137. The molecule has 8 nitrogen and oxygen atoms in total. The third-order valence-corrected chi connectivity index (χ3v) is 5.76. The minimum Gasteiger partial charge on any atom is -0.327 e. The van der Waals surface area contributed by atoms with Crippen LogP contribution in [0.25, 0.3) is 11.1 Å². The summed E-state index contributed by atoms with van der Waals surface area (Å²) in [5.41, 5.74) is 4.60. The monoisotopic (exact) mass is 471 g/mol. The van der Waals surface area contributed by atoms with E-state index in [2.05, 4.69) is 10.4 Å². The molecule has 1 aromatic heterocycles. The maximum atomic E-state index is 13.7. The molecule has 1 saturated heterocycles. The SMILES string of the molecule is Cc1cn(C)nc1C1(CN)C(=O)NC(=O)N1C(=O)c1ccccc1-c1ccc(C(F)(F)F)cc1. The van der Waals surface area contributed by atoms with Gasteiger partial charge in [-0.2, -0.15) is 18.3 Å². The number of benzene rings is 2. The van der Waals surface area contributed by atoms with Crippen molar-refractivity contribution in [1.82, 2.24) is 20.0 Å². The second-order valence-electron chi connectivity index (χ2n) is 7.92. The molecule has 3 aromatic rings. The Balaban J connectivity index is 1.83. The number of nitrogens with two attached hydrogens (primary N) is 1. The van der Waals surface area contributed by atoms with Crippen LogP contribution in [-0.4, -0.2) is 39.1 Å². The van der Waals surface area contributed by atoms with Gasteiger partial charge in [0.1, 0.15) is 5.69 Å². The van der Waals surface area contributed by atoms with Crippen molar-refractivity contribution >= 4 is 17.8 Å². The number of aryl methyl sites for hydroxylation is 2. The van der Waals surface area contributed by atoms with Crippen LogP contribution < -0.4 is 11.1 Å². The number of alkyl halides is 3. The van der Waals surface area contributed by atoms with E-state index >= 15 is 0 Å². The second-order valence-corrected chi connectivity index (χ2v) is 7.92. The van der Waals surface area contributed by atoms with E-state index in [1.54, 1.807) is 38.4 Å². The normalized spacial score (nSPS) is 18.4. The van der Waals surface area contributed by atoms with Crippen molar-refractivity contribution < 1.29 is 27.6 Å². The number of hydrogen-bond acceptors (Lipinski definition) is 5. The van der Waals surface area contributed by atoms with E-state index in [1.165, 1.54) is 22.9 Å². The number of carbonyl (C=O) groups is 3. The standard InChI is InChI=1S/C23H20F3N5O3/c1-13-11-30(2)29-18(13)22(12-27)20(33)28-21(34)31(22)19(32)17-6-4-3-5-16(17)14-7-9-15(10-8-14)23(24,25)26/h3-11H,12,27H2,1-2H3,(H,28,33,34). The summed E-state index contributed by atoms with van der Waals surface area (Å²) in [5, 5.41) is 6.43. The van der Waals surface area contributed by atoms with E-state index in [0.29, 0.717) is 11.1 Å². The summed E-state index contributed by atoms with van der Waals surface area (Å²) in [6, 6.07) is 9.46. The van der Waals surface area contributed by atoms with Crippen LogP contribution in [0.15, 0.2) is 54.7 Å². The molecule has 0 aliphatic carbocycles. The fourth-order valence-corrected chi connectivity index (χ4v) is 4.19. The molecule has 4 rings (SSSR count). The molecule has 1 fully saturated rings. The van der Waals surface area contributed by atoms with Gasteiger partial charge in [0.05, 0.1) is 5.56 Å². The van der Waals surface area contributed by atoms with E-state index in [9.17, 15) is 27.6 Å². The lowest BCUT2D eigenvalue weighted by Crippen LogP contribution is -2.55. The molecule has 2 heterocycles. The van der Waals surface area contributed by atoms with Crippen LogP contribution in [-0.2, 0) is 23.6 Å². The first-order chi connectivity index (χ1) is 16.0. The summed E-state index contributed by atoms with van der Waals surface area (Å²) in [6.07, 6.45) is -2.88. The first-order valence-corrected chi connectivity index (χ1v) is 10.2. The molecular weight excluding hydrogens is 451 g/mol. The molecule has 176 valence electrons. The second kappa shape index (κ2) is 8.10. The number of aromatic nitrogens is 2. The molecule has 1 aliphatic rings.